The lowest BCUT2D eigenvalue weighted by atomic mass is 10.1. The Morgan fingerprint density at radius 1 is 1.28 bits per heavy atom. The standard InChI is InChI=1S/C20H22F2N4O2S/c1-13-19(14-5-4-6-16(11-14)29(27,28)25(2)3)20-17(7-8-18(22)24-20)26(13)12-15(21)9-10-23/h4-9,11H,10,12,23H2,1-3H3. The second kappa shape index (κ2) is 8.02. The highest BCUT2D eigenvalue weighted by atomic mass is 32.2. The molecule has 0 saturated heterocycles. The van der Waals surface area contributed by atoms with Gasteiger partial charge in [0.2, 0.25) is 16.0 Å². The molecule has 0 spiro atoms. The Bertz CT molecular complexity index is 1200. The fourth-order valence-corrected chi connectivity index (χ4v) is 4.18. The molecule has 0 atom stereocenters. The maximum atomic E-state index is 14.2. The third-order valence-electron chi connectivity index (χ3n) is 4.68. The van der Waals surface area contributed by atoms with Crippen LogP contribution in [0.5, 0.6) is 0 Å². The molecule has 0 aliphatic carbocycles. The van der Waals surface area contributed by atoms with Gasteiger partial charge in [-0.25, -0.2) is 22.1 Å². The summed E-state index contributed by atoms with van der Waals surface area (Å²) in [5.41, 5.74) is 8.00. The maximum absolute atomic E-state index is 14.2. The molecular weight excluding hydrogens is 398 g/mol. The van der Waals surface area contributed by atoms with Crippen LogP contribution < -0.4 is 5.73 Å². The summed E-state index contributed by atoms with van der Waals surface area (Å²) in [6.07, 6.45) is 1.27. The predicted octanol–water partition coefficient (Wildman–Crippen LogP) is 3.21. The molecule has 2 aromatic heterocycles. The van der Waals surface area contributed by atoms with E-state index in [0.717, 1.165) is 4.31 Å². The van der Waals surface area contributed by atoms with Crippen molar-refractivity contribution in [1.82, 2.24) is 13.9 Å². The smallest absolute Gasteiger partial charge is 0.242 e. The molecule has 2 heterocycles. The number of hydrogen-bond donors (Lipinski definition) is 1. The van der Waals surface area contributed by atoms with Crippen molar-refractivity contribution in [2.24, 2.45) is 5.73 Å². The van der Waals surface area contributed by atoms with Crippen LogP contribution in [0.15, 0.2) is 53.2 Å². The summed E-state index contributed by atoms with van der Waals surface area (Å²) < 4.78 is 55.9. The first-order valence-electron chi connectivity index (χ1n) is 8.89. The summed E-state index contributed by atoms with van der Waals surface area (Å²) in [5.74, 6) is -1.10. The van der Waals surface area contributed by atoms with E-state index in [1.807, 2.05) is 0 Å². The summed E-state index contributed by atoms with van der Waals surface area (Å²) in [6.45, 7) is 1.74. The third kappa shape index (κ3) is 3.93. The van der Waals surface area contributed by atoms with Crippen molar-refractivity contribution in [3.05, 3.63) is 59.9 Å². The molecule has 0 aliphatic rings. The molecule has 0 bridgehead atoms. The Balaban J connectivity index is 2.27. The second-order valence-electron chi connectivity index (χ2n) is 6.75. The molecule has 0 radical (unpaired) electrons. The number of halogens is 2. The number of sulfonamides is 1. The third-order valence-corrected chi connectivity index (χ3v) is 6.50. The zero-order valence-electron chi connectivity index (χ0n) is 16.4. The van der Waals surface area contributed by atoms with Crippen LogP contribution in [-0.2, 0) is 16.6 Å². The quantitative estimate of drug-likeness (QED) is 0.621. The molecule has 0 fully saturated rings. The van der Waals surface area contributed by atoms with Gasteiger partial charge in [-0.15, -0.1) is 0 Å². The van der Waals surface area contributed by atoms with Gasteiger partial charge in [-0.3, -0.25) is 0 Å². The van der Waals surface area contributed by atoms with Crippen LogP contribution >= 0.6 is 0 Å². The highest BCUT2D eigenvalue weighted by Gasteiger charge is 2.22. The van der Waals surface area contributed by atoms with Gasteiger partial charge >= 0.3 is 0 Å². The second-order valence-corrected chi connectivity index (χ2v) is 8.90. The van der Waals surface area contributed by atoms with E-state index in [1.165, 1.54) is 44.4 Å². The van der Waals surface area contributed by atoms with Crippen LogP contribution in [-0.4, -0.2) is 42.9 Å². The van der Waals surface area contributed by atoms with E-state index in [9.17, 15) is 17.2 Å². The molecule has 154 valence electrons. The van der Waals surface area contributed by atoms with Gasteiger partial charge in [-0.05, 0) is 42.8 Å². The Labute approximate surface area is 168 Å². The lowest BCUT2D eigenvalue weighted by Crippen LogP contribution is -2.22. The molecule has 0 aliphatic heterocycles. The van der Waals surface area contributed by atoms with Gasteiger partial charge < -0.3 is 10.3 Å². The zero-order valence-corrected chi connectivity index (χ0v) is 17.2. The van der Waals surface area contributed by atoms with E-state index >= 15 is 0 Å². The minimum absolute atomic E-state index is 0.0637. The van der Waals surface area contributed by atoms with Crippen molar-refractivity contribution in [3.63, 3.8) is 0 Å². The summed E-state index contributed by atoms with van der Waals surface area (Å²) in [7, 11) is -0.758. The Morgan fingerprint density at radius 2 is 2.00 bits per heavy atom. The molecule has 0 amide bonds. The maximum Gasteiger partial charge on any atom is 0.242 e. The van der Waals surface area contributed by atoms with E-state index in [1.54, 1.807) is 23.6 Å². The van der Waals surface area contributed by atoms with Gasteiger partial charge in [0.1, 0.15) is 5.83 Å². The normalized spacial score (nSPS) is 12.9. The number of rotatable bonds is 6. The first-order valence-corrected chi connectivity index (χ1v) is 10.3. The van der Waals surface area contributed by atoms with Crippen molar-refractivity contribution in [2.75, 3.05) is 20.6 Å². The number of nitrogens with two attached hydrogens (primary N) is 1. The van der Waals surface area contributed by atoms with E-state index in [-0.39, 0.29) is 18.0 Å². The first kappa shape index (κ1) is 21.1. The zero-order chi connectivity index (χ0) is 21.3. The number of nitrogens with zero attached hydrogens (tertiary/aromatic N) is 3. The van der Waals surface area contributed by atoms with E-state index < -0.39 is 21.8 Å². The summed E-state index contributed by atoms with van der Waals surface area (Å²) in [6, 6.07) is 9.08. The number of benzene rings is 1. The number of pyridine rings is 1. The van der Waals surface area contributed by atoms with Crippen LogP contribution in [0.3, 0.4) is 0 Å². The highest BCUT2D eigenvalue weighted by molar-refractivity contribution is 7.89. The van der Waals surface area contributed by atoms with Crippen molar-refractivity contribution in [1.29, 1.82) is 0 Å². The fraction of sp³-hybridized carbons (Fsp3) is 0.250. The van der Waals surface area contributed by atoms with Crippen LogP contribution in [0.25, 0.3) is 22.2 Å². The lowest BCUT2D eigenvalue weighted by molar-refractivity contribution is 0.521. The predicted molar refractivity (Wildman–Crippen MR) is 109 cm³/mol. The van der Waals surface area contributed by atoms with E-state index in [2.05, 4.69) is 4.98 Å². The molecule has 6 nitrogen and oxygen atoms in total. The Hall–Kier alpha value is -2.62. The van der Waals surface area contributed by atoms with E-state index in [0.29, 0.717) is 27.9 Å². The van der Waals surface area contributed by atoms with Crippen LogP contribution in [0.2, 0.25) is 0 Å². The molecule has 1 aromatic carbocycles. The van der Waals surface area contributed by atoms with Gasteiger partial charge in [-0.1, -0.05) is 12.1 Å². The largest absolute Gasteiger partial charge is 0.336 e. The van der Waals surface area contributed by atoms with Crippen molar-refractivity contribution in [3.8, 4) is 11.1 Å². The van der Waals surface area contributed by atoms with E-state index in [4.69, 9.17) is 5.73 Å². The molecule has 3 aromatic rings. The lowest BCUT2D eigenvalue weighted by Gasteiger charge is -2.12. The molecule has 0 unspecified atom stereocenters. The molecule has 2 N–H and O–H groups in total. The number of fused-ring (bicyclic) bond motifs is 1. The SMILES string of the molecule is Cc1c(-c2cccc(S(=O)(=O)N(C)C)c2)c2nc(F)ccc2n1CC(F)=CCN. The first-order chi connectivity index (χ1) is 13.7. The average molecular weight is 420 g/mol. The van der Waals surface area contributed by atoms with Crippen molar-refractivity contribution >= 4 is 21.1 Å². The van der Waals surface area contributed by atoms with Crippen molar-refractivity contribution in [2.45, 2.75) is 18.4 Å². The van der Waals surface area contributed by atoms with Crippen LogP contribution in [0.4, 0.5) is 8.78 Å². The summed E-state index contributed by atoms with van der Waals surface area (Å²) in [5, 5.41) is 0. The van der Waals surface area contributed by atoms with Gasteiger partial charge in [0.15, 0.2) is 0 Å². The molecule has 9 heteroatoms. The Kier molecular flexibility index (Phi) is 5.83. The van der Waals surface area contributed by atoms with Gasteiger partial charge in [0, 0.05) is 31.9 Å². The summed E-state index contributed by atoms with van der Waals surface area (Å²) >= 11 is 0. The Morgan fingerprint density at radius 3 is 2.66 bits per heavy atom. The topological polar surface area (TPSA) is 81.2 Å². The van der Waals surface area contributed by atoms with Gasteiger partial charge in [0.05, 0.1) is 22.5 Å². The average Bonchev–Trinajstić information content (AvgIpc) is 2.92. The molecule has 0 saturated carbocycles. The number of hydrogen-bond acceptors (Lipinski definition) is 4. The highest BCUT2D eigenvalue weighted by Crippen LogP contribution is 2.35. The number of aromatic nitrogens is 2. The minimum atomic E-state index is -3.65. The van der Waals surface area contributed by atoms with Crippen LogP contribution in [0, 0.1) is 12.9 Å². The molecule has 3 rings (SSSR count). The monoisotopic (exact) mass is 420 g/mol. The minimum Gasteiger partial charge on any atom is -0.336 e. The summed E-state index contributed by atoms with van der Waals surface area (Å²) in [4.78, 5) is 4.10. The number of allylic oxidation sites excluding steroid dienone is 1. The molecular formula is C20H22F2N4O2S. The fourth-order valence-electron chi connectivity index (χ4n) is 3.23. The molecule has 29 heavy (non-hydrogen) atoms. The van der Waals surface area contributed by atoms with Crippen LogP contribution in [0.1, 0.15) is 5.69 Å². The van der Waals surface area contributed by atoms with Gasteiger partial charge in [0.25, 0.3) is 0 Å². The van der Waals surface area contributed by atoms with Gasteiger partial charge in [-0.2, -0.15) is 4.39 Å². The van der Waals surface area contributed by atoms with Crippen molar-refractivity contribution < 1.29 is 17.2 Å².